The summed E-state index contributed by atoms with van der Waals surface area (Å²) >= 11 is 2.35. The molecule has 0 aliphatic heterocycles. The maximum Gasteiger partial charge on any atom is 0.327 e. The molecule has 0 saturated heterocycles. The van der Waals surface area contributed by atoms with E-state index in [4.69, 9.17) is 5.11 Å². The van der Waals surface area contributed by atoms with Crippen molar-refractivity contribution < 1.29 is 9.90 Å². The molecule has 21 heavy (non-hydrogen) atoms. The SMILES string of the molecule is CSc1c(C(=O)CO)sc2nc3[nH]c(=O)[nH]c(=O)c3nc12. The van der Waals surface area contributed by atoms with E-state index in [1.165, 1.54) is 11.8 Å². The second-order valence-electron chi connectivity index (χ2n) is 4.03. The van der Waals surface area contributed by atoms with Gasteiger partial charge >= 0.3 is 5.69 Å². The molecule has 0 bridgehead atoms. The number of aliphatic hydroxyl groups excluding tert-OH is 1. The van der Waals surface area contributed by atoms with Crippen LogP contribution in [0.1, 0.15) is 9.67 Å². The van der Waals surface area contributed by atoms with Crippen LogP contribution in [0.4, 0.5) is 0 Å². The second-order valence-corrected chi connectivity index (χ2v) is 5.84. The van der Waals surface area contributed by atoms with Gasteiger partial charge in [0.2, 0.25) is 0 Å². The smallest absolute Gasteiger partial charge is 0.327 e. The first kappa shape index (κ1) is 13.9. The van der Waals surface area contributed by atoms with Crippen molar-refractivity contribution in [1.82, 2.24) is 19.9 Å². The fourth-order valence-corrected chi connectivity index (χ4v) is 3.90. The Balaban J connectivity index is 2.45. The Bertz CT molecular complexity index is 987. The molecular weight excluding hydrogens is 316 g/mol. The number of nitrogens with zero attached hydrogens (tertiary/aromatic N) is 2. The number of thiophene rings is 1. The van der Waals surface area contributed by atoms with Gasteiger partial charge in [-0.15, -0.1) is 23.1 Å². The first-order valence-corrected chi connectivity index (χ1v) is 7.74. The molecule has 10 heteroatoms. The molecule has 8 nitrogen and oxygen atoms in total. The molecule has 0 saturated carbocycles. The first-order chi connectivity index (χ1) is 10.0. The molecular formula is C11H8N4O4S2. The van der Waals surface area contributed by atoms with Crippen LogP contribution in [0.15, 0.2) is 14.5 Å². The number of ketones is 1. The molecule has 3 aromatic rings. The lowest BCUT2D eigenvalue weighted by atomic mass is 10.3. The van der Waals surface area contributed by atoms with Crippen LogP contribution in [0.25, 0.3) is 21.5 Å². The Hall–Kier alpha value is -2.04. The van der Waals surface area contributed by atoms with Crippen LogP contribution in [-0.2, 0) is 0 Å². The van der Waals surface area contributed by atoms with Gasteiger partial charge in [-0.25, -0.2) is 14.8 Å². The zero-order chi connectivity index (χ0) is 15.1. The fourth-order valence-electron chi connectivity index (χ4n) is 1.88. The predicted molar refractivity (Wildman–Crippen MR) is 79.4 cm³/mol. The molecule has 3 rings (SSSR count). The number of hydrogen-bond acceptors (Lipinski definition) is 8. The number of H-pyrrole nitrogens is 2. The van der Waals surface area contributed by atoms with Gasteiger partial charge in [-0.1, -0.05) is 0 Å². The van der Waals surface area contributed by atoms with Gasteiger partial charge in [0, 0.05) is 0 Å². The fraction of sp³-hybridized carbons (Fsp3) is 0.182. The van der Waals surface area contributed by atoms with Crippen molar-refractivity contribution in [3.63, 3.8) is 0 Å². The molecule has 0 aromatic carbocycles. The number of rotatable bonds is 3. The van der Waals surface area contributed by atoms with Crippen LogP contribution in [-0.4, -0.2) is 43.7 Å². The van der Waals surface area contributed by atoms with Gasteiger partial charge in [0.1, 0.15) is 17.0 Å². The molecule has 0 fully saturated rings. The van der Waals surface area contributed by atoms with E-state index in [1.54, 1.807) is 6.26 Å². The van der Waals surface area contributed by atoms with Gasteiger partial charge in [0.25, 0.3) is 5.56 Å². The van der Waals surface area contributed by atoms with Crippen LogP contribution >= 0.6 is 23.1 Å². The molecule has 108 valence electrons. The maximum atomic E-state index is 11.8. The van der Waals surface area contributed by atoms with Gasteiger partial charge in [-0.2, -0.15) is 0 Å². The number of aliphatic hydroxyl groups is 1. The Morgan fingerprint density at radius 3 is 2.71 bits per heavy atom. The van der Waals surface area contributed by atoms with Gasteiger partial charge in [0.15, 0.2) is 16.9 Å². The highest BCUT2D eigenvalue weighted by Crippen LogP contribution is 2.35. The van der Waals surface area contributed by atoms with Gasteiger partial charge in [-0.3, -0.25) is 19.6 Å². The molecule has 0 radical (unpaired) electrons. The van der Waals surface area contributed by atoms with E-state index in [1.807, 2.05) is 0 Å². The summed E-state index contributed by atoms with van der Waals surface area (Å²) in [7, 11) is 0. The number of thioether (sulfide) groups is 1. The highest BCUT2D eigenvalue weighted by molar-refractivity contribution is 7.99. The van der Waals surface area contributed by atoms with Crippen molar-refractivity contribution in [2.45, 2.75) is 4.90 Å². The Labute approximate surface area is 124 Å². The Kier molecular flexibility index (Phi) is 3.35. The van der Waals surface area contributed by atoms with E-state index in [2.05, 4.69) is 19.9 Å². The van der Waals surface area contributed by atoms with Gasteiger partial charge in [-0.05, 0) is 6.26 Å². The quantitative estimate of drug-likeness (QED) is 0.461. The van der Waals surface area contributed by atoms with Crippen molar-refractivity contribution in [3.05, 3.63) is 25.7 Å². The predicted octanol–water partition coefficient (Wildman–Crippen LogP) is 0.118. The monoisotopic (exact) mass is 324 g/mol. The van der Waals surface area contributed by atoms with Gasteiger partial charge in [0.05, 0.1) is 9.77 Å². The van der Waals surface area contributed by atoms with E-state index in [-0.39, 0.29) is 11.2 Å². The average molecular weight is 324 g/mol. The van der Waals surface area contributed by atoms with Crippen molar-refractivity contribution in [3.8, 4) is 0 Å². The zero-order valence-corrected chi connectivity index (χ0v) is 12.2. The maximum absolute atomic E-state index is 11.8. The lowest BCUT2D eigenvalue weighted by molar-refractivity contribution is 0.0905. The topological polar surface area (TPSA) is 129 Å². The summed E-state index contributed by atoms with van der Waals surface area (Å²) in [5, 5.41) is 9.01. The third-order valence-corrected chi connectivity index (χ3v) is 4.81. The number of fused-ring (bicyclic) bond motifs is 2. The molecule has 0 unspecified atom stereocenters. The molecule has 0 aliphatic rings. The molecule has 3 heterocycles. The largest absolute Gasteiger partial charge is 0.388 e. The summed E-state index contributed by atoms with van der Waals surface area (Å²) in [6, 6.07) is 0. The summed E-state index contributed by atoms with van der Waals surface area (Å²) < 4.78 is 0. The summed E-state index contributed by atoms with van der Waals surface area (Å²) in [5.41, 5.74) is -0.841. The van der Waals surface area contributed by atoms with E-state index >= 15 is 0 Å². The number of carbonyl (C=O) groups is 1. The van der Waals surface area contributed by atoms with Crippen LogP contribution in [0, 0.1) is 0 Å². The summed E-state index contributed by atoms with van der Waals surface area (Å²) in [6.07, 6.45) is 1.76. The number of aromatic nitrogens is 4. The summed E-state index contributed by atoms with van der Waals surface area (Å²) in [6.45, 7) is -0.614. The lowest BCUT2D eigenvalue weighted by Crippen LogP contribution is -2.23. The van der Waals surface area contributed by atoms with Crippen molar-refractivity contribution in [2.75, 3.05) is 12.9 Å². The lowest BCUT2D eigenvalue weighted by Gasteiger charge is -1.98. The van der Waals surface area contributed by atoms with Crippen molar-refractivity contribution >= 4 is 50.4 Å². The first-order valence-electron chi connectivity index (χ1n) is 5.70. The molecule has 0 spiro atoms. The molecule has 0 atom stereocenters. The number of Topliss-reactive ketones (excluding diaryl/α,β-unsaturated/α-hetero) is 1. The van der Waals surface area contributed by atoms with E-state index in [0.29, 0.717) is 20.1 Å². The number of hydrogen-bond donors (Lipinski definition) is 3. The highest BCUT2D eigenvalue weighted by atomic mass is 32.2. The average Bonchev–Trinajstić information content (AvgIpc) is 2.81. The molecule has 0 amide bonds. The third-order valence-electron chi connectivity index (χ3n) is 2.76. The number of carbonyl (C=O) groups excluding carboxylic acids is 1. The van der Waals surface area contributed by atoms with E-state index in [9.17, 15) is 14.4 Å². The van der Waals surface area contributed by atoms with Gasteiger partial charge < -0.3 is 5.11 Å². The Morgan fingerprint density at radius 2 is 2.05 bits per heavy atom. The minimum atomic E-state index is -0.672. The normalized spacial score (nSPS) is 11.3. The molecule has 3 aromatic heterocycles. The third kappa shape index (κ3) is 2.17. The standard InChI is InChI=1S/C11H8N4O4S2/c1-20-7-4-10(21-6(7)3(17)2-16)13-8-5(12-4)9(18)15-11(19)14-8/h16H,2H2,1H3,(H2,13,14,15,18,19). The van der Waals surface area contributed by atoms with Crippen LogP contribution in [0.5, 0.6) is 0 Å². The highest BCUT2D eigenvalue weighted by Gasteiger charge is 2.20. The number of aromatic amines is 2. The molecule has 3 N–H and O–H groups in total. The van der Waals surface area contributed by atoms with Crippen molar-refractivity contribution in [2.24, 2.45) is 0 Å². The van der Waals surface area contributed by atoms with Crippen LogP contribution in [0.2, 0.25) is 0 Å². The van der Waals surface area contributed by atoms with Crippen LogP contribution in [0.3, 0.4) is 0 Å². The number of nitrogens with one attached hydrogen (secondary N) is 2. The van der Waals surface area contributed by atoms with Crippen LogP contribution < -0.4 is 11.2 Å². The van der Waals surface area contributed by atoms with E-state index in [0.717, 1.165) is 11.3 Å². The summed E-state index contributed by atoms with van der Waals surface area (Å²) in [5.74, 6) is -0.435. The Morgan fingerprint density at radius 1 is 1.29 bits per heavy atom. The second kappa shape index (κ2) is 5.06. The minimum absolute atomic E-state index is 0.00167. The van der Waals surface area contributed by atoms with Crippen molar-refractivity contribution in [1.29, 1.82) is 0 Å². The van der Waals surface area contributed by atoms with E-state index < -0.39 is 23.6 Å². The summed E-state index contributed by atoms with van der Waals surface area (Å²) in [4.78, 5) is 48.9. The minimum Gasteiger partial charge on any atom is -0.388 e. The zero-order valence-electron chi connectivity index (χ0n) is 10.6. The molecule has 0 aliphatic carbocycles.